The third-order valence-electron chi connectivity index (χ3n) is 4.51. The van der Waals surface area contributed by atoms with E-state index < -0.39 is 5.97 Å². The zero-order chi connectivity index (χ0) is 17.1. The van der Waals surface area contributed by atoms with E-state index in [1.54, 1.807) is 11.8 Å². The van der Waals surface area contributed by atoms with E-state index in [0.717, 1.165) is 18.5 Å². The number of aromatic carboxylic acids is 1. The largest absolute Gasteiger partial charge is 0.478 e. The molecule has 0 saturated heterocycles. The molecule has 0 atom stereocenters. The number of hydrogen-bond acceptors (Lipinski definition) is 3. The second kappa shape index (κ2) is 6.83. The molecule has 24 heavy (non-hydrogen) atoms. The monoisotopic (exact) mass is 324 g/mol. The second-order valence-corrected chi connectivity index (χ2v) is 6.18. The van der Waals surface area contributed by atoms with Crippen LogP contribution in [-0.2, 0) is 0 Å². The number of carboxylic acids is 1. The van der Waals surface area contributed by atoms with E-state index in [2.05, 4.69) is 4.98 Å². The minimum absolute atomic E-state index is 0.122. The lowest BCUT2D eigenvalue weighted by Gasteiger charge is -2.32. The molecule has 0 aliphatic heterocycles. The Kier molecular flexibility index (Phi) is 4.60. The Hall–Kier alpha value is -2.69. The van der Waals surface area contributed by atoms with Gasteiger partial charge in [0, 0.05) is 12.2 Å². The van der Waals surface area contributed by atoms with Gasteiger partial charge in [0.05, 0.1) is 11.3 Å². The summed E-state index contributed by atoms with van der Waals surface area (Å²) >= 11 is 0. The molecule has 0 radical (unpaired) electrons. The predicted octanol–water partition coefficient (Wildman–Crippen LogP) is 3.54. The Morgan fingerprint density at radius 3 is 2.42 bits per heavy atom. The minimum Gasteiger partial charge on any atom is -0.478 e. The van der Waals surface area contributed by atoms with Gasteiger partial charge in [0.25, 0.3) is 5.91 Å². The smallest absolute Gasteiger partial charge is 0.337 e. The number of rotatable bonds is 5. The molecule has 1 saturated carbocycles. The van der Waals surface area contributed by atoms with Crippen molar-refractivity contribution in [3.8, 4) is 0 Å². The summed E-state index contributed by atoms with van der Waals surface area (Å²) in [5, 5.41) is 9.11. The van der Waals surface area contributed by atoms with Gasteiger partial charge in [0.1, 0.15) is 5.69 Å². The van der Waals surface area contributed by atoms with Gasteiger partial charge >= 0.3 is 5.97 Å². The number of amides is 1. The van der Waals surface area contributed by atoms with E-state index in [1.165, 1.54) is 18.6 Å². The molecule has 2 aromatic rings. The fraction of sp³-hybridized carbons (Fsp3) is 0.316. The molecule has 1 aliphatic rings. The van der Waals surface area contributed by atoms with E-state index in [0.29, 0.717) is 18.2 Å². The minimum atomic E-state index is -1.03. The summed E-state index contributed by atoms with van der Waals surface area (Å²) in [5.41, 5.74) is 1.60. The van der Waals surface area contributed by atoms with Crippen molar-refractivity contribution >= 4 is 17.6 Å². The van der Waals surface area contributed by atoms with Gasteiger partial charge in [-0.3, -0.25) is 4.79 Å². The highest BCUT2D eigenvalue weighted by Gasteiger charge is 2.26. The number of para-hydroxylation sites is 1. The Morgan fingerprint density at radius 1 is 1.17 bits per heavy atom. The van der Waals surface area contributed by atoms with Gasteiger partial charge < -0.3 is 10.0 Å². The molecule has 1 amide bonds. The first-order valence-electron chi connectivity index (χ1n) is 8.14. The van der Waals surface area contributed by atoms with E-state index in [1.807, 2.05) is 30.3 Å². The molecule has 5 nitrogen and oxygen atoms in total. The standard InChI is InChI=1S/C19H20N2O3/c1-13-16(19(23)24)10-11-17(20-13)18(22)21(12-14-6-5-7-14)15-8-3-2-4-9-15/h2-4,8-11,14H,5-7,12H2,1H3,(H,23,24). The maximum Gasteiger partial charge on any atom is 0.337 e. The lowest BCUT2D eigenvalue weighted by molar-refractivity contribution is 0.0695. The fourth-order valence-electron chi connectivity index (χ4n) is 2.89. The SMILES string of the molecule is Cc1nc(C(=O)N(CC2CCC2)c2ccccc2)ccc1C(=O)O. The predicted molar refractivity (Wildman–Crippen MR) is 91.4 cm³/mol. The summed E-state index contributed by atoms with van der Waals surface area (Å²) in [7, 11) is 0. The van der Waals surface area contributed by atoms with Crippen molar-refractivity contribution in [2.24, 2.45) is 5.92 Å². The summed E-state index contributed by atoms with van der Waals surface area (Å²) in [6.07, 6.45) is 3.49. The number of carboxylic acid groups (broad SMARTS) is 1. The van der Waals surface area contributed by atoms with Crippen LogP contribution in [0.25, 0.3) is 0 Å². The number of carbonyl (C=O) groups is 2. The second-order valence-electron chi connectivity index (χ2n) is 6.18. The van der Waals surface area contributed by atoms with Gasteiger partial charge in [0.15, 0.2) is 0 Å². The van der Waals surface area contributed by atoms with E-state index in [9.17, 15) is 9.59 Å². The Bertz CT molecular complexity index is 754. The van der Waals surface area contributed by atoms with E-state index in [4.69, 9.17) is 5.11 Å². The molecular weight excluding hydrogens is 304 g/mol. The Morgan fingerprint density at radius 2 is 1.88 bits per heavy atom. The van der Waals surface area contributed by atoms with Crippen LogP contribution in [-0.4, -0.2) is 28.5 Å². The molecule has 124 valence electrons. The van der Waals surface area contributed by atoms with Crippen molar-refractivity contribution in [1.82, 2.24) is 4.98 Å². The third-order valence-corrected chi connectivity index (χ3v) is 4.51. The quantitative estimate of drug-likeness (QED) is 0.913. The lowest BCUT2D eigenvalue weighted by Crippen LogP contribution is -2.38. The van der Waals surface area contributed by atoms with Gasteiger partial charge in [-0.25, -0.2) is 9.78 Å². The lowest BCUT2D eigenvalue weighted by atomic mass is 9.85. The number of hydrogen-bond donors (Lipinski definition) is 1. The van der Waals surface area contributed by atoms with Crippen molar-refractivity contribution in [1.29, 1.82) is 0 Å². The highest BCUT2D eigenvalue weighted by molar-refractivity contribution is 6.05. The topological polar surface area (TPSA) is 70.5 Å². The molecule has 5 heteroatoms. The maximum atomic E-state index is 13.0. The van der Waals surface area contributed by atoms with Crippen LogP contribution in [0.15, 0.2) is 42.5 Å². The van der Waals surface area contributed by atoms with Crippen molar-refractivity contribution in [3.05, 3.63) is 59.4 Å². The zero-order valence-corrected chi connectivity index (χ0v) is 13.6. The highest BCUT2D eigenvalue weighted by Crippen LogP contribution is 2.29. The number of anilines is 1. The number of aryl methyl sites for hydroxylation is 1. The Labute approximate surface area is 140 Å². The first kappa shape index (κ1) is 16.2. The van der Waals surface area contributed by atoms with Crippen molar-refractivity contribution < 1.29 is 14.7 Å². The molecule has 1 aromatic carbocycles. The molecule has 1 N–H and O–H groups in total. The first-order valence-corrected chi connectivity index (χ1v) is 8.14. The van der Waals surface area contributed by atoms with Crippen LogP contribution in [0, 0.1) is 12.8 Å². The van der Waals surface area contributed by atoms with E-state index in [-0.39, 0.29) is 17.2 Å². The van der Waals surface area contributed by atoms with Crippen LogP contribution in [0.5, 0.6) is 0 Å². The van der Waals surface area contributed by atoms with Crippen LogP contribution in [0.2, 0.25) is 0 Å². The van der Waals surface area contributed by atoms with Gasteiger partial charge in [0.2, 0.25) is 0 Å². The number of carbonyl (C=O) groups excluding carboxylic acids is 1. The number of benzene rings is 1. The van der Waals surface area contributed by atoms with Gasteiger partial charge in [-0.1, -0.05) is 24.6 Å². The van der Waals surface area contributed by atoms with Crippen molar-refractivity contribution in [2.75, 3.05) is 11.4 Å². The van der Waals surface area contributed by atoms with Crippen LogP contribution < -0.4 is 4.90 Å². The maximum absolute atomic E-state index is 13.0. The number of nitrogens with zero attached hydrogens (tertiary/aromatic N) is 2. The molecular formula is C19H20N2O3. The highest BCUT2D eigenvalue weighted by atomic mass is 16.4. The molecule has 1 aliphatic carbocycles. The van der Waals surface area contributed by atoms with Crippen LogP contribution in [0.1, 0.15) is 45.8 Å². The molecule has 0 spiro atoms. The van der Waals surface area contributed by atoms with Crippen LogP contribution in [0.4, 0.5) is 5.69 Å². The number of pyridine rings is 1. The molecule has 1 heterocycles. The molecule has 0 unspecified atom stereocenters. The number of aromatic nitrogens is 1. The normalized spacial score (nSPS) is 14.0. The van der Waals surface area contributed by atoms with Crippen molar-refractivity contribution in [2.45, 2.75) is 26.2 Å². The van der Waals surface area contributed by atoms with Crippen LogP contribution in [0.3, 0.4) is 0 Å². The van der Waals surface area contributed by atoms with Gasteiger partial charge in [-0.15, -0.1) is 0 Å². The molecule has 3 rings (SSSR count). The van der Waals surface area contributed by atoms with Gasteiger partial charge in [-0.2, -0.15) is 0 Å². The Balaban J connectivity index is 1.90. The average Bonchev–Trinajstić information content (AvgIpc) is 2.54. The van der Waals surface area contributed by atoms with Crippen molar-refractivity contribution in [3.63, 3.8) is 0 Å². The summed E-state index contributed by atoms with van der Waals surface area (Å²) in [4.78, 5) is 30.1. The third kappa shape index (κ3) is 3.30. The summed E-state index contributed by atoms with van der Waals surface area (Å²) < 4.78 is 0. The molecule has 1 aromatic heterocycles. The molecule has 0 bridgehead atoms. The summed E-state index contributed by atoms with van der Waals surface area (Å²) in [6.45, 7) is 2.28. The summed E-state index contributed by atoms with van der Waals surface area (Å²) in [6, 6.07) is 12.5. The van der Waals surface area contributed by atoms with E-state index >= 15 is 0 Å². The first-order chi connectivity index (χ1) is 11.6. The fourth-order valence-corrected chi connectivity index (χ4v) is 2.89. The average molecular weight is 324 g/mol. The zero-order valence-electron chi connectivity index (χ0n) is 13.6. The molecule has 1 fully saturated rings. The summed E-state index contributed by atoms with van der Waals surface area (Å²) in [5.74, 6) is -0.699. The van der Waals surface area contributed by atoms with Gasteiger partial charge in [-0.05, 0) is 49.9 Å². The van der Waals surface area contributed by atoms with Crippen LogP contribution >= 0.6 is 0 Å².